The lowest BCUT2D eigenvalue weighted by Crippen LogP contribution is -2.47. The number of fused-ring (bicyclic) bond motifs is 2. The van der Waals surface area contributed by atoms with E-state index in [2.05, 4.69) is 15.3 Å². The summed E-state index contributed by atoms with van der Waals surface area (Å²) in [5.74, 6) is -1.71. The van der Waals surface area contributed by atoms with Crippen molar-refractivity contribution in [2.75, 3.05) is 18.4 Å². The summed E-state index contributed by atoms with van der Waals surface area (Å²) in [6.45, 7) is -0.275. The molecule has 1 spiro atoms. The zero-order chi connectivity index (χ0) is 20.4. The highest BCUT2D eigenvalue weighted by atomic mass is 19.1. The molecule has 2 aromatic rings. The van der Waals surface area contributed by atoms with E-state index in [0.717, 1.165) is 12.4 Å². The Balaban J connectivity index is 1.39. The third-order valence-electron chi connectivity index (χ3n) is 5.94. The maximum atomic E-state index is 14.5. The fourth-order valence-electron chi connectivity index (χ4n) is 4.03. The van der Waals surface area contributed by atoms with Crippen LogP contribution in [0.25, 0.3) is 0 Å². The van der Waals surface area contributed by atoms with E-state index in [9.17, 15) is 22.8 Å². The Morgan fingerprint density at radius 1 is 1.28 bits per heavy atom. The van der Waals surface area contributed by atoms with E-state index in [1.165, 1.54) is 11.0 Å². The summed E-state index contributed by atoms with van der Waals surface area (Å²) < 4.78 is 41.8. The Bertz CT molecular complexity index is 1020. The van der Waals surface area contributed by atoms with Gasteiger partial charge in [0.15, 0.2) is 5.82 Å². The highest BCUT2D eigenvalue weighted by Crippen LogP contribution is 2.57. The lowest BCUT2D eigenvalue weighted by Gasteiger charge is -2.34. The van der Waals surface area contributed by atoms with Crippen molar-refractivity contribution in [2.24, 2.45) is 0 Å². The van der Waals surface area contributed by atoms with Crippen LogP contribution in [0.3, 0.4) is 0 Å². The average Bonchev–Trinajstić information content (AvgIpc) is 3.59. The van der Waals surface area contributed by atoms with Crippen LogP contribution in [-0.4, -0.2) is 45.9 Å². The fraction of sp³-hybridized carbons (Fsp3) is 0.400. The van der Waals surface area contributed by atoms with Gasteiger partial charge in [0.2, 0.25) is 11.9 Å². The fourth-order valence-corrected chi connectivity index (χ4v) is 4.03. The second-order valence-electron chi connectivity index (χ2n) is 7.99. The number of nitrogens with one attached hydrogen (secondary N) is 1. The summed E-state index contributed by atoms with van der Waals surface area (Å²) in [6, 6.07) is 4.74. The molecule has 3 aliphatic rings. The zero-order valence-corrected chi connectivity index (χ0v) is 15.3. The number of benzene rings is 1. The van der Waals surface area contributed by atoms with Crippen LogP contribution in [-0.2, 0) is 15.9 Å². The van der Waals surface area contributed by atoms with Crippen molar-refractivity contribution in [3.05, 3.63) is 53.1 Å². The molecule has 2 amide bonds. The second-order valence-corrected chi connectivity index (χ2v) is 7.99. The van der Waals surface area contributed by atoms with Gasteiger partial charge in [0.1, 0.15) is 18.4 Å². The van der Waals surface area contributed by atoms with Crippen molar-refractivity contribution in [2.45, 2.75) is 36.5 Å². The number of alkyl halides is 2. The molecule has 1 aromatic heterocycles. The molecule has 0 saturated heterocycles. The van der Waals surface area contributed by atoms with Crippen LogP contribution in [0.2, 0.25) is 0 Å². The first kappa shape index (κ1) is 18.1. The number of hydrogen-bond donors (Lipinski definition) is 1. The largest absolute Gasteiger partial charge is 0.328 e. The van der Waals surface area contributed by atoms with E-state index in [-0.39, 0.29) is 25.5 Å². The van der Waals surface area contributed by atoms with Crippen LogP contribution >= 0.6 is 0 Å². The number of nitrogens with zero attached hydrogens (tertiary/aromatic N) is 3. The molecule has 29 heavy (non-hydrogen) atoms. The Labute approximate surface area is 164 Å². The van der Waals surface area contributed by atoms with E-state index in [4.69, 9.17) is 0 Å². The quantitative estimate of drug-likeness (QED) is 0.853. The Kier molecular flexibility index (Phi) is 3.75. The first-order valence-electron chi connectivity index (χ1n) is 9.35. The molecule has 2 atom stereocenters. The molecule has 2 fully saturated rings. The number of hydrogen-bond acceptors (Lipinski definition) is 4. The average molecular weight is 402 g/mol. The molecule has 0 unspecified atom stereocenters. The van der Waals surface area contributed by atoms with Gasteiger partial charge in [0.05, 0.1) is 12.4 Å². The zero-order valence-electron chi connectivity index (χ0n) is 15.3. The molecule has 9 heteroatoms. The van der Waals surface area contributed by atoms with Crippen LogP contribution < -0.4 is 5.32 Å². The summed E-state index contributed by atoms with van der Waals surface area (Å²) in [5.41, 5.74) is -0.934. The van der Waals surface area contributed by atoms with Gasteiger partial charge in [-0.1, -0.05) is 12.1 Å². The number of rotatable bonds is 4. The topological polar surface area (TPSA) is 75.2 Å². The molecule has 6 nitrogen and oxygen atoms in total. The first-order chi connectivity index (χ1) is 13.8. The van der Waals surface area contributed by atoms with Gasteiger partial charge >= 0.3 is 0 Å². The van der Waals surface area contributed by atoms with Gasteiger partial charge in [-0.2, -0.15) is 0 Å². The lowest BCUT2D eigenvalue weighted by atomic mass is 9.84. The molecule has 2 heterocycles. The van der Waals surface area contributed by atoms with E-state index >= 15 is 0 Å². The SMILES string of the molecule is O=C(CN1C[C@]2(C[C@H]2F)c2cc(C3(F)CC3)ccc2C1=O)Nc1ncc(F)cn1. The van der Waals surface area contributed by atoms with Crippen molar-refractivity contribution in [3.63, 3.8) is 0 Å². The third kappa shape index (κ3) is 2.95. The molecule has 150 valence electrons. The maximum absolute atomic E-state index is 14.5. The number of anilines is 1. The molecule has 0 radical (unpaired) electrons. The summed E-state index contributed by atoms with van der Waals surface area (Å²) >= 11 is 0. The second kappa shape index (κ2) is 6.01. The number of amides is 2. The van der Waals surface area contributed by atoms with Crippen LogP contribution in [0.4, 0.5) is 19.1 Å². The van der Waals surface area contributed by atoms with E-state index in [1.807, 2.05) is 0 Å². The van der Waals surface area contributed by atoms with Crippen molar-refractivity contribution in [1.29, 1.82) is 0 Å². The Morgan fingerprint density at radius 3 is 2.59 bits per heavy atom. The van der Waals surface area contributed by atoms with Gasteiger partial charge in [-0.05, 0) is 36.5 Å². The molecule has 1 aliphatic heterocycles. The first-order valence-corrected chi connectivity index (χ1v) is 9.35. The predicted octanol–water partition coefficient (Wildman–Crippen LogP) is 2.65. The minimum atomic E-state index is -1.37. The van der Waals surface area contributed by atoms with E-state index < -0.39 is 34.9 Å². The van der Waals surface area contributed by atoms with E-state index in [0.29, 0.717) is 29.5 Å². The standard InChI is InChI=1S/C20H17F3N4O2/c21-12-7-24-18(25-8-12)26-16(28)9-27-10-19(6-15(19)22)14-5-11(20(23)3-4-20)1-2-13(14)17(27)29/h1-2,5,7-8,15H,3-4,6,9-10H2,(H,24,25,26,28)/t15-,19-/m1/s1. The van der Waals surface area contributed by atoms with Crippen LogP contribution in [0.15, 0.2) is 30.6 Å². The van der Waals surface area contributed by atoms with Gasteiger partial charge in [0, 0.05) is 17.5 Å². The van der Waals surface area contributed by atoms with Gasteiger partial charge in [-0.25, -0.2) is 23.1 Å². The maximum Gasteiger partial charge on any atom is 0.254 e. The molecule has 1 aromatic carbocycles. The number of aromatic nitrogens is 2. The smallest absolute Gasteiger partial charge is 0.254 e. The minimum absolute atomic E-state index is 0.0421. The predicted molar refractivity (Wildman–Crippen MR) is 96.2 cm³/mol. The molecule has 2 saturated carbocycles. The van der Waals surface area contributed by atoms with Crippen LogP contribution in [0.5, 0.6) is 0 Å². The van der Waals surface area contributed by atoms with Crippen molar-refractivity contribution >= 4 is 17.8 Å². The Hall–Kier alpha value is -2.97. The normalized spacial score (nSPS) is 26.2. The summed E-state index contributed by atoms with van der Waals surface area (Å²) in [5, 5.41) is 2.39. The molecule has 5 rings (SSSR count). The highest BCUT2D eigenvalue weighted by molar-refractivity contribution is 6.01. The van der Waals surface area contributed by atoms with Crippen LogP contribution in [0.1, 0.15) is 40.7 Å². The van der Waals surface area contributed by atoms with Gasteiger partial charge in [-0.15, -0.1) is 0 Å². The van der Waals surface area contributed by atoms with Crippen molar-refractivity contribution < 1.29 is 22.8 Å². The third-order valence-corrected chi connectivity index (χ3v) is 5.94. The number of carbonyl (C=O) groups excluding carboxylic acids is 2. The van der Waals surface area contributed by atoms with Gasteiger partial charge in [-0.3, -0.25) is 14.9 Å². The van der Waals surface area contributed by atoms with Gasteiger partial charge < -0.3 is 4.90 Å². The minimum Gasteiger partial charge on any atom is -0.328 e. The number of carbonyl (C=O) groups is 2. The molecule has 1 N–H and O–H groups in total. The highest BCUT2D eigenvalue weighted by Gasteiger charge is 2.61. The lowest BCUT2D eigenvalue weighted by molar-refractivity contribution is -0.117. The van der Waals surface area contributed by atoms with Crippen molar-refractivity contribution in [3.8, 4) is 0 Å². The molecule has 0 bridgehead atoms. The summed E-state index contributed by atoms with van der Waals surface area (Å²) in [6.07, 6.45) is 1.77. The summed E-state index contributed by atoms with van der Waals surface area (Å²) in [7, 11) is 0. The molecule has 2 aliphatic carbocycles. The number of halogens is 3. The molecular formula is C20H17F3N4O2. The van der Waals surface area contributed by atoms with E-state index in [1.54, 1.807) is 12.1 Å². The monoisotopic (exact) mass is 402 g/mol. The summed E-state index contributed by atoms with van der Waals surface area (Å²) in [4.78, 5) is 33.8. The van der Waals surface area contributed by atoms with Crippen LogP contribution in [0, 0.1) is 5.82 Å². The Morgan fingerprint density at radius 2 is 1.97 bits per heavy atom. The van der Waals surface area contributed by atoms with Gasteiger partial charge in [0.25, 0.3) is 5.91 Å². The van der Waals surface area contributed by atoms with Crippen molar-refractivity contribution in [1.82, 2.24) is 14.9 Å². The molecular weight excluding hydrogens is 385 g/mol.